The Balaban J connectivity index is 0.000000331. The molecule has 2 rings (SSSR count). The molecule has 0 saturated heterocycles. The first-order valence-electron chi connectivity index (χ1n) is 9.63. The van der Waals surface area contributed by atoms with Crippen LogP contribution in [-0.4, -0.2) is 55.0 Å². The van der Waals surface area contributed by atoms with Crippen LogP contribution in [0.3, 0.4) is 0 Å². The molecule has 1 unspecified atom stereocenters. The van der Waals surface area contributed by atoms with Crippen LogP contribution in [0, 0.1) is 44.2 Å². The van der Waals surface area contributed by atoms with Crippen molar-refractivity contribution in [1.29, 1.82) is 0 Å². The van der Waals surface area contributed by atoms with E-state index in [9.17, 15) is 35.1 Å². The lowest BCUT2D eigenvalue weighted by molar-refractivity contribution is -0.404. The van der Waals surface area contributed by atoms with Crippen molar-refractivity contribution in [2.45, 2.75) is 40.7 Å². The van der Waals surface area contributed by atoms with E-state index in [1.165, 1.54) is 0 Å². The van der Waals surface area contributed by atoms with Crippen LogP contribution in [0.5, 0.6) is 5.75 Å². The second-order valence-electron chi connectivity index (χ2n) is 6.71. The lowest BCUT2D eigenvalue weighted by Crippen LogP contribution is -2.41. The number of likely N-dealkylation sites (N-methyl/N-ethyl adjacent to an activating group) is 1. The number of benzene rings is 1. The number of non-ortho nitro benzene ring substituents is 1. The molecule has 15 nitrogen and oxygen atoms in total. The Kier molecular flexibility index (Phi) is 9.35. The van der Waals surface area contributed by atoms with Gasteiger partial charge in [0.2, 0.25) is 11.8 Å². The van der Waals surface area contributed by atoms with Crippen molar-refractivity contribution in [3.8, 4) is 5.75 Å². The Morgan fingerprint density at radius 1 is 1.09 bits per heavy atom. The molecule has 1 amide bonds. The second-order valence-corrected chi connectivity index (χ2v) is 6.71. The Hall–Kier alpha value is -4.14. The van der Waals surface area contributed by atoms with Crippen LogP contribution >= 0.6 is 0 Å². The average Bonchev–Trinajstić information content (AvgIpc) is 3.06. The van der Waals surface area contributed by atoms with Crippen molar-refractivity contribution in [3.05, 3.63) is 53.7 Å². The zero-order valence-corrected chi connectivity index (χ0v) is 18.6. The lowest BCUT2D eigenvalue weighted by Gasteiger charge is -2.24. The number of aryl methyl sites for hydroxylation is 1. The summed E-state index contributed by atoms with van der Waals surface area (Å²) in [7, 11) is 0. The maximum absolute atomic E-state index is 12.0. The maximum atomic E-state index is 12.0. The summed E-state index contributed by atoms with van der Waals surface area (Å²) < 4.78 is 5.06. The fourth-order valence-electron chi connectivity index (χ4n) is 2.66. The highest BCUT2D eigenvalue weighted by atomic mass is 16.6. The molecule has 1 heterocycles. The number of amides is 1. The largest absolute Gasteiger partial charge is 0.497 e. The predicted molar refractivity (Wildman–Crippen MR) is 115 cm³/mol. The van der Waals surface area contributed by atoms with Gasteiger partial charge in [0.25, 0.3) is 11.4 Å². The molecular formula is C18H24N6O9. The molecule has 0 aliphatic carbocycles. The Labute approximate surface area is 187 Å². The molecule has 1 aromatic heterocycles. The molecule has 33 heavy (non-hydrogen) atoms. The second kappa shape index (κ2) is 11.5. The molecule has 0 radical (unpaired) electrons. The summed E-state index contributed by atoms with van der Waals surface area (Å²) in [6.45, 7) is 11.4. The van der Waals surface area contributed by atoms with Crippen molar-refractivity contribution in [2.24, 2.45) is 0 Å². The Morgan fingerprint density at radius 2 is 1.58 bits per heavy atom. The fraction of sp³-hybridized carbons (Fsp3) is 0.444. The van der Waals surface area contributed by atoms with Crippen LogP contribution in [0.1, 0.15) is 32.0 Å². The summed E-state index contributed by atoms with van der Waals surface area (Å²) in [4.78, 5) is 41.8. The molecule has 180 valence electrons. The van der Waals surface area contributed by atoms with E-state index in [1.807, 2.05) is 34.6 Å². The number of phenols is 1. The number of carbonyl (C=O) groups is 1. The monoisotopic (exact) mass is 468 g/mol. The van der Waals surface area contributed by atoms with E-state index in [-0.39, 0.29) is 11.9 Å². The molecule has 0 fully saturated rings. The molecule has 2 aromatic rings. The highest BCUT2D eigenvalue weighted by Gasteiger charge is 2.30. The molecule has 2 N–H and O–H groups in total. The SMILES string of the molecule is CCN(CC)C(C)C(=O)Nc1onc(C)c1C.O=[N+]([O-])c1cc([N+](=O)[O-])c(O)c([N+](=O)[O-])c1. The minimum absolute atomic E-state index is 0.0621. The minimum Gasteiger partial charge on any atom is -0.497 e. The summed E-state index contributed by atoms with van der Waals surface area (Å²) in [5.74, 6) is -0.819. The molecule has 0 aliphatic heterocycles. The summed E-state index contributed by atoms with van der Waals surface area (Å²) in [5, 5.41) is 46.8. The van der Waals surface area contributed by atoms with Gasteiger partial charge in [-0.3, -0.25) is 45.4 Å². The molecule has 1 atom stereocenters. The number of rotatable bonds is 8. The highest BCUT2D eigenvalue weighted by molar-refractivity contribution is 5.94. The van der Waals surface area contributed by atoms with E-state index in [1.54, 1.807) is 0 Å². The van der Waals surface area contributed by atoms with Crippen molar-refractivity contribution >= 4 is 28.9 Å². The number of nitrogens with zero attached hydrogens (tertiary/aromatic N) is 5. The van der Waals surface area contributed by atoms with Crippen LogP contribution < -0.4 is 5.32 Å². The van der Waals surface area contributed by atoms with E-state index in [0.29, 0.717) is 18.0 Å². The van der Waals surface area contributed by atoms with Gasteiger partial charge in [-0.25, -0.2) is 0 Å². The predicted octanol–water partition coefficient (Wildman–Crippen LogP) is 3.08. The van der Waals surface area contributed by atoms with Gasteiger partial charge in [0.1, 0.15) is 0 Å². The van der Waals surface area contributed by atoms with Crippen LogP contribution in [0.4, 0.5) is 22.9 Å². The van der Waals surface area contributed by atoms with E-state index in [4.69, 9.17) is 9.63 Å². The standard InChI is InChI=1S/C12H21N3O2.C6H3N3O7/c1-6-15(7-2)10(5)11(16)13-12-8(3)9(4)14-17-12;10-6-4(8(13)14)1-3(7(11)12)2-5(6)9(15)16/h10H,6-7H2,1-5H3,(H,13,16);1-2,10H. The van der Waals surface area contributed by atoms with Crippen molar-refractivity contribution in [2.75, 3.05) is 18.4 Å². The number of nitrogens with one attached hydrogen (secondary N) is 1. The quantitative estimate of drug-likeness (QED) is 0.424. The van der Waals surface area contributed by atoms with Crippen LogP contribution in [0.2, 0.25) is 0 Å². The van der Waals surface area contributed by atoms with Crippen LogP contribution in [0.25, 0.3) is 0 Å². The number of aromatic hydroxyl groups is 1. The third-order valence-electron chi connectivity index (χ3n) is 4.79. The smallest absolute Gasteiger partial charge is 0.324 e. The van der Waals surface area contributed by atoms with Gasteiger partial charge in [-0.05, 0) is 33.9 Å². The van der Waals surface area contributed by atoms with Gasteiger partial charge in [-0.15, -0.1) is 0 Å². The maximum Gasteiger partial charge on any atom is 0.324 e. The Morgan fingerprint density at radius 3 is 1.91 bits per heavy atom. The topological polar surface area (TPSA) is 208 Å². The lowest BCUT2D eigenvalue weighted by atomic mass is 10.2. The van der Waals surface area contributed by atoms with Gasteiger partial charge in [0, 0.05) is 5.56 Å². The Bertz CT molecular complexity index is 1010. The number of phenolic OH excluding ortho intramolecular Hbond substituents is 1. The van der Waals surface area contributed by atoms with E-state index < -0.39 is 37.6 Å². The van der Waals surface area contributed by atoms with Crippen molar-refractivity contribution in [1.82, 2.24) is 10.1 Å². The number of nitro groups is 3. The van der Waals surface area contributed by atoms with Crippen LogP contribution in [0.15, 0.2) is 16.7 Å². The molecule has 1 aromatic carbocycles. The molecule has 0 spiro atoms. The molecule has 0 bridgehead atoms. The zero-order chi connectivity index (χ0) is 25.5. The zero-order valence-electron chi connectivity index (χ0n) is 18.6. The fourth-order valence-corrected chi connectivity index (χ4v) is 2.66. The van der Waals surface area contributed by atoms with Gasteiger partial charge in [0.05, 0.1) is 38.6 Å². The molecule has 0 saturated carbocycles. The normalized spacial score (nSPS) is 11.3. The van der Waals surface area contributed by atoms with Gasteiger partial charge in [-0.1, -0.05) is 19.0 Å². The van der Waals surface area contributed by atoms with E-state index in [2.05, 4.69) is 15.4 Å². The first kappa shape index (κ1) is 26.9. The van der Waals surface area contributed by atoms with Gasteiger partial charge in [0.15, 0.2) is 0 Å². The third kappa shape index (κ3) is 6.67. The van der Waals surface area contributed by atoms with Crippen molar-refractivity contribution < 1.29 is 29.2 Å². The van der Waals surface area contributed by atoms with Gasteiger partial charge in [-0.2, -0.15) is 0 Å². The first-order chi connectivity index (χ1) is 15.3. The number of anilines is 1. The van der Waals surface area contributed by atoms with Crippen molar-refractivity contribution in [3.63, 3.8) is 0 Å². The highest BCUT2D eigenvalue weighted by Crippen LogP contribution is 2.38. The van der Waals surface area contributed by atoms with Crippen LogP contribution in [-0.2, 0) is 4.79 Å². The minimum atomic E-state index is -1.21. The number of aromatic nitrogens is 1. The van der Waals surface area contributed by atoms with E-state index in [0.717, 1.165) is 24.3 Å². The van der Waals surface area contributed by atoms with Gasteiger partial charge >= 0.3 is 11.4 Å². The molecular weight excluding hydrogens is 444 g/mol. The van der Waals surface area contributed by atoms with Gasteiger partial charge < -0.3 is 9.63 Å². The summed E-state index contributed by atoms with van der Waals surface area (Å²) in [5.41, 5.74) is -1.32. The summed E-state index contributed by atoms with van der Waals surface area (Å²) >= 11 is 0. The average molecular weight is 468 g/mol. The third-order valence-corrected chi connectivity index (χ3v) is 4.79. The number of hydrogen-bond donors (Lipinski definition) is 2. The number of hydrogen-bond acceptors (Lipinski definition) is 11. The summed E-state index contributed by atoms with van der Waals surface area (Å²) in [6.07, 6.45) is 0. The van der Waals surface area contributed by atoms with E-state index >= 15 is 0 Å². The molecule has 15 heteroatoms. The first-order valence-corrected chi connectivity index (χ1v) is 9.63. The molecule has 0 aliphatic rings. The number of carbonyl (C=O) groups excluding carboxylic acids is 1. The summed E-state index contributed by atoms with van der Waals surface area (Å²) in [6, 6.07) is 0.722. The number of nitro benzene ring substituents is 3.